The molecule has 6 nitrogen and oxygen atoms in total. The maximum Gasteiger partial charge on any atom is 0.214 e. The average molecular weight is 417 g/mol. The molecule has 0 radical (unpaired) electrons. The molecule has 4 rings (SSSR count). The first-order valence-electron chi connectivity index (χ1n) is 11.9. The van der Waals surface area contributed by atoms with Crippen molar-refractivity contribution in [3.8, 4) is 0 Å². The lowest BCUT2D eigenvalue weighted by Crippen LogP contribution is -2.73. The van der Waals surface area contributed by atoms with Crippen LogP contribution in [0.3, 0.4) is 0 Å². The van der Waals surface area contributed by atoms with E-state index in [1.165, 1.54) is 0 Å². The van der Waals surface area contributed by atoms with E-state index in [-0.39, 0.29) is 11.5 Å². The molecule has 0 aromatic heterocycles. The van der Waals surface area contributed by atoms with Crippen molar-refractivity contribution in [2.75, 3.05) is 26.2 Å². The van der Waals surface area contributed by atoms with Crippen LogP contribution < -0.4 is 0 Å². The van der Waals surface area contributed by atoms with Gasteiger partial charge in [0.1, 0.15) is 5.41 Å². The van der Waals surface area contributed by atoms with E-state index in [0.717, 1.165) is 77.5 Å². The van der Waals surface area contributed by atoms with E-state index in [0.29, 0.717) is 29.8 Å². The highest BCUT2D eigenvalue weighted by Crippen LogP contribution is 2.62. The monoisotopic (exact) mass is 416 g/mol. The van der Waals surface area contributed by atoms with Gasteiger partial charge in [0, 0.05) is 31.8 Å². The van der Waals surface area contributed by atoms with Crippen LogP contribution in [0.2, 0.25) is 0 Å². The third-order valence-corrected chi connectivity index (χ3v) is 7.61. The van der Waals surface area contributed by atoms with Gasteiger partial charge in [0.15, 0.2) is 17.1 Å². The fourth-order valence-corrected chi connectivity index (χ4v) is 6.04. The molecule has 166 valence electrons. The van der Waals surface area contributed by atoms with Gasteiger partial charge in [-0.25, -0.2) is 0 Å². The summed E-state index contributed by atoms with van der Waals surface area (Å²) in [4.78, 5) is 31.1. The molecular weight excluding hydrogens is 380 g/mol. The number of allylic oxidation sites excluding steroid dienone is 1. The number of carbonyl (C=O) groups is 2. The summed E-state index contributed by atoms with van der Waals surface area (Å²) >= 11 is 0. The van der Waals surface area contributed by atoms with Crippen LogP contribution in [0.1, 0.15) is 78.1 Å². The highest BCUT2D eigenvalue weighted by Gasteiger charge is 2.75. The van der Waals surface area contributed by atoms with Crippen LogP contribution in [-0.2, 0) is 9.59 Å². The van der Waals surface area contributed by atoms with Crippen molar-refractivity contribution in [2.24, 2.45) is 5.41 Å². The third kappa shape index (κ3) is 2.72. The molecule has 2 aliphatic heterocycles. The number of aliphatic hydroxyl groups excluding tert-OH is 1. The second-order valence-electron chi connectivity index (χ2n) is 9.39. The molecule has 0 amide bonds. The van der Waals surface area contributed by atoms with E-state index < -0.39 is 16.8 Å². The van der Waals surface area contributed by atoms with Crippen molar-refractivity contribution < 1.29 is 19.8 Å². The molecule has 2 atom stereocenters. The van der Waals surface area contributed by atoms with Gasteiger partial charge in [0.25, 0.3) is 0 Å². The Balaban J connectivity index is 1.83. The summed E-state index contributed by atoms with van der Waals surface area (Å²) in [5.41, 5.74) is -1.25. The van der Waals surface area contributed by atoms with E-state index in [4.69, 9.17) is 0 Å². The molecule has 0 spiro atoms. The smallest absolute Gasteiger partial charge is 0.214 e. The molecule has 2 saturated heterocycles. The molecule has 2 N–H and O–H groups in total. The zero-order valence-corrected chi connectivity index (χ0v) is 18.5. The van der Waals surface area contributed by atoms with E-state index in [1.54, 1.807) is 0 Å². The van der Waals surface area contributed by atoms with E-state index in [9.17, 15) is 19.8 Å². The first-order valence-corrected chi connectivity index (χ1v) is 11.9. The van der Waals surface area contributed by atoms with Crippen LogP contribution in [0.25, 0.3) is 0 Å². The Hall–Kier alpha value is -1.82. The number of likely N-dealkylation sites (tertiary alicyclic amines) is 2. The van der Waals surface area contributed by atoms with Crippen LogP contribution in [0.5, 0.6) is 0 Å². The number of ketones is 2. The molecule has 2 fully saturated rings. The Labute approximate surface area is 179 Å². The van der Waals surface area contributed by atoms with Crippen molar-refractivity contribution >= 4 is 11.6 Å². The van der Waals surface area contributed by atoms with E-state index in [1.807, 2.05) is 11.8 Å². The Kier molecular flexibility index (Phi) is 5.73. The number of unbranched alkanes of at least 4 members (excludes halogenated alkanes) is 2. The van der Waals surface area contributed by atoms with Crippen molar-refractivity contribution in [1.29, 1.82) is 0 Å². The minimum Gasteiger partial charge on any atom is -0.503 e. The molecule has 0 aromatic rings. The Bertz CT molecular complexity index is 789. The second kappa shape index (κ2) is 8.03. The minimum absolute atomic E-state index is 0.239. The topological polar surface area (TPSA) is 81.1 Å². The standard InChI is InChI=1S/C24H36N2O4/c1-3-5-11-17-19(25-13-7-8-14-25)24(30,21(17)28)23(12-6-4-2)20(18(27)22(23)29)26-15-9-10-16-26/h27,30H,3-16H2,1-2H3. The lowest BCUT2D eigenvalue weighted by molar-refractivity contribution is -0.168. The number of hydrogen-bond acceptors (Lipinski definition) is 6. The average Bonchev–Trinajstić information content (AvgIpc) is 3.46. The summed E-state index contributed by atoms with van der Waals surface area (Å²) in [6.45, 7) is 7.29. The Morgan fingerprint density at radius 2 is 1.37 bits per heavy atom. The maximum absolute atomic E-state index is 13.6. The highest BCUT2D eigenvalue weighted by atomic mass is 16.3. The number of nitrogens with zero attached hydrogens (tertiary/aromatic N) is 2. The predicted octanol–water partition coefficient (Wildman–Crippen LogP) is 3.47. The molecule has 30 heavy (non-hydrogen) atoms. The maximum atomic E-state index is 13.6. The number of Topliss-reactive ketones (excluding diaryl/α,β-unsaturated/α-hetero) is 2. The summed E-state index contributed by atoms with van der Waals surface area (Å²) in [5, 5.41) is 22.8. The van der Waals surface area contributed by atoms with Gasteiger partial charge in [-0.2, -0.15) is 0 Å². The van der Waals surface area contributed by atoms with Crippen LogP contribution in [0.4, 0.5) is 0 Å². The van der Waals surface area contributed by atoms with Crippen molar-refractivity contribution in [2.45, 2.75) is 83.7 Å². The zero-order chi connectivity index (χ0) is 21.5. The fraction of sp³-hybridized carbons (Fsp3) is 0.750. The quantitative estimate of drug-likeness (QED) is 0.599. The predicted molar refractivity (Wildman–Crippen MR) is 115 cm³/mol. The molecule has 4 aliphatic rings. The van der Waals surface area contributed by atoms with Gasteiger partial charge in [-0.1, -0.05) is 33.1 Å². The lowest BCUT2D eigenvalue weighted by Gasteiger charge is -2.59. The largest absolute Gasteiger partial charge is 0.503 e. The molecular formula is C24H36N2O4. The summed E-state index contributed by atoms with van der Waals surface area (Å²) < 4.78 is 0. The molecule has 0 bridgehead atoms. The zero-order valence-electron chi connectivity index (χ0n) is 18.5. The molecule has 2 heterocycles. The van der Waals surface area contributed by atoms with Crippen molar-refractivity contribution in [3.05, 3.63) is 22.7 Å². The summed E-state index contributed by atoms with van der Waals surface area (Å²) in [5.74, 6) is -0.969. The first-order chi connectivity index (χ1) is 14.4. The van der Waals surface area contributed by atoms with Crippen LogP contribution >= 0.6 is 0 Å². The summed E-state index contributed by atoms with van der Waals surface area (Å²) in [6.07, 6.45) is 8.56. The van der Waals surface area contributed by atoms with Crippen LogP contribution in [0, 0.1) is 5.41 Å². The lowest BCUT2D eigenvalue weighted by atomic mass is 9.49. The molecule has 2 aliphatic carbocycles. The molecule has 6 heteroatoms. The Morgan fingerprint density at radius 1 is 0.833 bits per heavy atom. The number of aliphatic hydroxyl groups is 2. The van der Waals surface area contributed by atoms with Gasteiger partial charge < -0.3 is 20.0 Å². The van der Waals surface area contributed by atoms with Crippen molar-refractivity contribution in [1.82, 2.24) is 9.80 Å². The Morgan fingerprint density at radius 3 is 1.90 bits per heavy atom. The highest BCUT2D eigenvalue weighted by molar-refractivity contribution is 6.21. The normalized spacial score (nSPS) is 31.7. The van der Waals surface area contributed by atoms with Gasteiger partial charge in [-0.15, -0.1) is 0 Å². The number of hydrogen-bond donors (Lipinski definition) is 2. The van der Waals surface area contributed by atoms with Gasteiger partial charge in [-0.05, 0) is 44.9 Å². The van der Waals surface area contributed by atoms with E-state index in [2.05, 4.69) is 11.8 Å². The molecule has 2 unspecified atom stereocenters. The first kappa shape index (κ1) is 21.4. The van der Waals surface area contributed by atoms with Gasteiger partial charge in [0.2, 0.25) is 5.78 Å². The summed E-state index contributed by atoms with van der Waals surface area (Å²) in [7, 11) is 0. The van der Waals surface area contributed by atoms with Crippen molar-refractivity contribution in [3.63, 3.8) is 0 Å². The third-order valence-electron chi connectivity index (χ3n) is 7.61. The van der Waals surface area contributed by atoms with Gasteiger partial charge >= 0.3 is 0 Å². The molecule has 0 saturated carbocycles. The number of rotatable bonds is 9. The fourth-order valence-electron chi connectivity index (χ4n) is 6.04. The SMILES string of the molecule is CCCCC1=C(N2CCCC2)C(O)(C2(CCCC)C(=O)C(O)=C2N2CCCC2)C1=O. The number of carbonyl (C=O) groups excluding carboxylic acids is 2. The van der Waals surface area contributed by atoms with Gasteiger partial charge in [-0.3, -0.25) is 9.59 Å². The second-order valence-corrected chi connectivity index (χ2v) is 9.39. The van der Waals surface area contributed by atoms with Crippen LogP contribution in [-0.4, -0.2) is 63.4 Å². The minimum atomic E-state index is -1.84. The summed E-state index contributed by atoms with van der Waals surface area (Å²) in [6, 6.07) is 0. The van der Waals surface area contributed by atoms with Crippen LogP contribution in [0.15, 0.2) is 22.7 Å². The van der Waals surface area contributed by atoms with Gasteiger partial charge in [0.05, 0.1) is 11.4 Å². The molecule has 0 aromatic carbocycles. The van der Waals surface area contributed by atoms with E-state index >= 15 is 0 Å².